The van der Waals surface area contributed by atoms with E-state index in [1.165, 1.54) is 4.90 Å². The van der Waals surface area contributed by atoms with Crippen molar-refractivity contribution in [3.05, 3.63) is 12.3 Å². The Morgan fingerprint density at radius 1 is 1.03 bits per heavy atom. The summed E-state index contributed by atoms with van der Waals surface area (Å²) in [6.45, 7) is 11.5. The average molecular weight is 528 g/mol. The Bertz CT molecular complexity index is 947. The molecule has 5 atom stereocenters. The lowest BCUT2D eigenvalue weighted by Gasteiger charge is -2.37. The molecule has 4 amide bonds. The molecule has 1 saturated heterocycles. The second kappa shape index (κ2) is 13.3. The van der Waals surface area contributed by atoms with Crippen molar-refractivity contribution >= 4 is 36.6 Å². The standard InChI is InChI=1S/C29H45N5O4/c1-19-12-9-10-16-31-18-21(19)25(35)32-23(20-13-7-6-8-14-20)27(37)33-24(29(2,3)4)28(38)34-17-11-15-22(34)26(36)30-5/h10,16,18-24H,5-9,11-15,17H2,1-4H3,(H,32,35)(H,33,37)/b16-10-,31-18?. The van der Waals surface area contributed by atoms with E-state index in [2.05, 4.69) is 27.3 Å². The van der Waals surface area contributed by atoms with Crippen LogP contribution in [0.3, 0.4) is 0 Å². The number of likely N-dealkylation sites (tertiary alicyclic amines) is 1. The summed E-state index contributed by atoms with van der Waals surface area (Å²) in [6.07, 6.45) is 13.1. The van der Waals surface area contributed by atoms with Gasteiger partial charge in [-0.15, -0.1) is 0 Å². The van der Waals surface area contributed by atoms with Gasteiger partial charge in [-0.1, -0.05) is 53.0 Å². The van der Waals surface area contributed by atoms with Crippen LogP contribution in [0.5, 0.6) is 0 Å². The zero-order valence-corrected chi connectivity index (χ0v) is 23.4. The van der Waals surface area contributed by atoms with Crippen LogP contribution in [0, 0.1) is 23.2 Å². The lowest BCUT2D eigenvalue weighted by molar-refractivity contribution is -0.144. The molecule has 0 bridgehead atoms. The van der Waals surface area contributed by atoms with Crippen molar-refractivity contribution in [3.8, 4) is 0 Å². The Hall–Kier alpha value is -2.84. The summed E-state index contributed by atoms with van der Waals surface area (Å²) in [7, 11) is 0. The molecule has 3 aliphatic rings. The van der Waals surface area contributed by atoms with E-state index in [1.54, 1.807) is 12.4 Å². The molecule has 0 spiro atoms. The molecular formula is C29H45N5O4. The van der Waals surface area contributed by atoms with Crippen LogP contribution >= 0.6 is 0 Å². The number of carbonyl (C=O) groups excluding carboxylic acids is 4. The summed E-state index contributed by atoms with van der Waals surface area (Å²) < 4.78 is 0. The van der Waals surface area contributed by atoms with Crippen LogP contribution in [0.25, 0.3) is 0 Å². The number of nitrogens with one attached hydrogen (secondary N) is 2. The number of aliphatic imine (C=N–C) groups is 2. The van der Waals surface area contributed by atoms with Crippen molar-refractivity contribution in [1.29, 1.82) is 0 Å². The van der Waals surface area contributed by atoms with Gasteiger partial charge < -0.3 is 15.5 Å². The molecule has 5 unspecified atom stereocenters. The van der Waals surface area contributed by atoms with Crippen LogP contribution in [0.4, 0.5) is 0 Å². The maximum atomic E-state index is 13.9. The fourth-order valence-corrected chi connectivity index (χ4v) is 5.84. The highest BCUT2D eigenvalue weighted by Gasteiger charge is 2.43. The van der Waals surface area contributed by atoms with Gasteiger partial charge in [-0.25, -0.2) is 4.99 Å². The molecule has 0 aromatic rings. The van der Waals surface area contributed by atoms with Crippen LogP contribution in [0.2, 0.25) is 0 Å². The minimum atomic E-state index is -0.858. The van der Waals surface area contributed by atoms with Crippen molar-refractivity contribution in [2.24, 2.45) is 33.2 Å². The number of allylic oxidation sites excluding steroid dienone is 1. The van der Waals surface area contributed by atoms with Gasteiger partial charge in [0.25, 0.3) is 5.91 Å². The van der Waals surface area contributed by atoms with Crippen LogP contribution < -0.4 is 10.6 Å². The number of hydrogen-bond acceptors (Lipinski definition) is 5. The van der Waals surface area contributed by atoms with E-state index < -0.39 is 35.4 Å². The number of nitrogens with zero attached hydrogens (tertiary/aromatic N) is 3. The van der Waals surface area contributed by atoms with E-state index in [4.69, 9.17) is 0 Å². The highest BCUT2D eigenvalue weighted by atomic mass is 16.2. The first-order chi connectivity index (χ1) is 18.0. The van der Waals surface area contributed by atoms with Crippen molar-refractivity contribution in [2.75, 3.05) is 6.54 Å². The summed E-state index contributed by atoms with van der Waals surface area (Å²) in [5.74, 6) is -1.62. The number of rotatable bonds is 7. The first kappa shape index (κ1) is 29.7. The van der Waals surface area contributed by atoms with Crippen molar-refractivity contribution in [2.45, 2.75) is 104 Å². The van der Waals surface area contributed by atoms with E-state index in [0.29, 0.717) is 19.4 Å². The Morgan fingerprint density at radius 2 is 1.74 bits per heavy atom. The summed E-state index contributed by atoms with van der Waals surface area (Å²) >= 11 is 0. The molecule has 0 aromatic heterocycles. The normalized spacial score (nSPS) is 26.9. The maximum absolute atomic E-state index is 13.9. The molecule has 0 radical (unpaired) electrons. The van der Waals surface area contributed by atoms with E-state index in [9.17, 15) is 19.2 Å². The summed E-state index contributed by atoms with van der Waals surface area (Å²) in [5, 5.41) is 6.07. The van der Waals surface area contributed by atoms with Crippen LogP contribution in [-0.4, -0.2) is 66.1 Å². The van der Waals surface area contributed by atoms with Crippen molar-refractivity contribution < 1.29 is 19.2 Å². The molecule has 1 aliphatic carbocycles. The molecule has 2 fully saturated rings. The fourth-order valence-electron chi connectivity index (χ4n) is 5.84. The van der Waals surface area contributed by atoms with Gasteiger partial charge in [0.2, 0.25) is 17.7 Å². The molecule has 2 aliphatic heterocycles. The number of carbonyl (C=O) groups is 4. The van der Waals surface area contributed by atoms with Gasteiger partial charge in [0.15, 0.2) is 0 Å². The third-order valence-corrected chi connectivity index (χ3v) is 8.22. The third-order valence-electron chi connectivity index (χ3n) is 8.22. The van der Waals surface area contributed by atoms with Crippen LogP contribution in [-0.2, 0) is 19.2 Å². The summed E-state index contributed by atoms with van der Waals surface area (Å²) in [4.78, 5) is 62.7. The molecule has 9 heteroatoms. The van der Waals surface area contributed by atoms with Crippen molar-refractivity contribution in [1.82, 2.24) is 15.5 Å². The van der Waals surface area contributed by atoms with E-state index in [1.807, 2.05) is 33.8 Å². The molecule has 9 nitrogen and oxygen atoms in total. The minimum Gasteiger partial charge on any atom is -0.343 e. The topological polar surface area (TPSA) is 120 Å². The van der Waals surface area contributed by atoms with Crippen LogP contribution in [0.15, 0.2) is 22.3 Å². The lowest BCUT2D eigenvalue weighted by atomic mass is 9.81. The molecule has 38 heavy (non-hydrogen) atoms. The Labute approximate surface area is 227 Å². The van der Waals surface area contributed by atoms with Crippen molar-refractivity contribution in [3.63, 3.8) is 0 Å². The predicted molar refractivity (Wildman–Crippen MR) is 149 cm³/mol. The molecule has 2 N–H and O–H groups in total. The molecule has 210 valence electrons. The SMILES string of the molecule is C=NC(=O)C1CCCN1C(=O)C(NC(=O)C(NC(=O)C1C=N/C=C\CCC1C)C1CCCCC1)C(C)(C)C. The molecule has 3 rings (SSSR count). The Balaban J connectivity index is 1.83. The highest BCUT2D eigenvalue weighted by molar-refractivity contribution is 5.98. The smallest absolute Gasteiger partial charge is 0.267 e. The highest BCUT2D eigenvalue weighted by Crippen LogP contribution is 2.30. The fraction of sp³-hybridized carbons (Fsp3) is 0.724. The third kappa shape index (κ3) is 7.38. The van der Waals surface area contributed by atoms with E-state index in [0.717, 1.165) is 44.9 Å². The van der Waals surface area contributed by atoms with Gasteiger partial charge in [-0.3, -0.25) is 24.2 Å². The number of hydrogen-bond donors (Lipinski definition) is 2. The van der Waals surface area contributed by atoms with E-state index >= 15 is 0 Å². The quantitative estimate of drug-likeness (QED) is 0.493. The molecule has 1 saturated carbocycles. The number of amides is 4. The molecule has 0 aromatic carbocycles. The second-order valence-corrected chi connectivity index (χ2v) is 12.1. The molecular weight excluding hydrogens is 482 g/mol. The predicted octanol–water partition coefficient (Wildman–Crippen LogP) is 3.43. The van der Waals surface area contributed by atoms with Gasteiger partial charge in [-0.05, 0) is 62.5 Å². The van der Waals surface area contributed by atoms with Gasteiger partial charge in [-0.2, -0.15) is 0 Å². The lowest BCUT2D eigenvalue weighted by Crippen LogP contribution is -2.61. The zero-order valence-electron chi connectivity index (χ0n) is 23.4. The van der Waals surface area contributed by atoms with Crippen LogP contribution in [0.1, 0.15) is 85.5 Å². The minimum absolute atomic E-state index is 0.00445. The second-order valence-electron chi connectivity index (χ2n) is 12.1. The van der Waals surface area contributed by atoms with Gasteiger partial charge in [0.05, 0.1) is 5.92 Å². The largest absolute Gasteiger partial charge is 0.343 e. The Morgan fingerprint density at radius 3 is 2.39 bits per heavy atom. The molecule has 2 heterocycles. The first-order valence-corrected chi connectivity index (χ1v) is 14.1. The Kier molecular flexibility index (Phi) is 10.4. The first-order valence-electron chi connectivity index (χ1n) is 14.1. The monoisotopic (exact) mass is 527 g/mol. The summed E-state index contributed by atoms with van der Waals surface area (Å²) in [5.41, 5.74) is -0.612. The van der Waals surface area contributed by atoms with Gasteiger partial charge in [0.1, 0.15) is 18.1 Å². The van der Waals surface area contributed by atoms with E-state index in [-0.39, 0.29) is 29.6 Å². The zero-order chi connectivity index (χ0) is 27.9. The summed E-state index contributed by atoms with van der Waals surface area (Å²) in [6, 6.07) is -2.25. The average Bonchev–Trinajstić information content (AvgIpc) is 3.37. The van der Waals surface area contributed by atoms with Gasteiger partial charge in [0, 0.05) is 19.0 Å². The van der Waals surface area contributed by atoms with Gasteiger partial charge >= 0.3 is 0 Å². The maximum Gasteiger partial charge on any atom is 0.267 e.